The van der Waals surface area contributed by atoms with E-state index in [1.807, 2.05) is 18.2 Å². The third-order valence-electron chi connectivity index (χ3n) is 4.87. The number of nitriles is 2. The minimum absolute atomic E-state index is 0.159. The molecule has 0 amide bonds. The summed E-state index contributed by atoms with van der Waals surface area (Å²) in [5.41, 5.74) is 0.159. The van der Waals surface area contributed by atoms with Crippen molar-refractivity contribution in [3.05, 3.63) is 23.9 Å². The van der Waals surface area contributed by atoms with Crippen molar-refractivity contribution in [3.8, 4) is 12.1 Å². The van der Waals surface area contributed by atoms with Crippen LogP contribution >= 0.6 is 0 Å². The first-order chi connectivity index (χ1) is 12.1. The number of rotatable bonds is 14. The second-order valence-electron chi connectivity index (χ2n) is 6.93. The molecule has 3 nitrogen and oxygen atoms in total. The van der Waals surface area contributed by atoms with Crippen LogP contribution in [0.15, 0.2) is 23.9 Å². The van der Waals surface area contributed by atoms with Gasteiger partial charge in [-0.2, -0.15) is 10.5 Å². The second-order valence-corrected chi connectivity index (χ2v) is 6.93. The molecule has 0 saturated heterocycles. The Morgan fingerprint density at radius 1 is 0.880 bits per heavy atom. The van der Waals surface area contributed by atoms with Crippen LogP contribution in [0.3, 0.4) is 0 Å². The fourth-order valence-electron chi connectivity index (χ4n) is 3.05. The van der Waals surface area contributed by atoms with Crippen molar-refractivity contribution in [2.75, 3.05) is 13.1 Å². The summed E-state index contributed by atoms with van der Waals surface area (Å²) in [6.07, 6.45) is 15.6. The van der Waals surface area contributed by atoms with Gasteiger partial charge < -0.3 is 4.90 Å². The third kappa shape index (κ3) is 11.4. The molecule has 0 spiro atoms. The first-order valence-electron chi connectivity index (χ1n) is 10.1. The van der Waals surface area contributed by atoms with E-state index in [9.17, 15) is 0 Å². The highest BCUT2D eigenvalue weighted by molar-refractivity contribution is 5.37. The van der Waals surface area contributed by atoms with E-state index < -0.39 is 0 Å². The van der Waals surface area contributed by atoms with E-state index in [0.29, 0.717) is 11.8 Å². The van der Waals surface area contributed by atoms with Crippen molar-refractivity contribution in [1.82, 2.24) is 4.90 Å². The van der Waals surface area contributed by atoms with E-state index in [4.69, 9.17) is 10.5 Å². The third-order valence-corrected chi connectivity index (χ3v) is 4.87. The van der Waals surface area contributed by atoms with Crippen molar-refractivity contribution in [3.63, 3.8) is 0 Å². The van der Waals surface area contributed by atoms with Crippen LogP contribution in [0.2, 0.25) is 0 Å². The lowest BCUT2D eigenvalue weighted by atomic mass is 9.96. The summed E-state index contributed by atoms with van der Waals surface area (Å²) in [5.74, 6) is 1.42. The average Bonchev–Trinajstić information content (AvgIpc) is 2.64. The van der Waals surface area contributed by atoms with Gasteiger partial charge in [-0.05, 0) is 43.0 Å². The molecule has 2 unspecified atom stereocenters. The molecular weight excluding hydrogens is 306 g/mol. The van der Waals surface area contributed by atoms with Crippen LogP contribution in [0.25, 0.3) is 0 Å². The van der Waals surface area contributed by atoms with Crippen molar-refractivity contribution in [2.24, 2.45) is 11.8 Å². The molecule has 0 aromatic heterocycles. The fraction of sp³-hybridized carbons (Fsp3) is 0.727. The second kappa shape index (κ2) is 15.8. The SMILES string of the molecule is CCCCC(CC)CN(/C=C/C=C(C#N)C#N)CC(CC)CCCC. The largest absolute Gasteiger partial charge is 0.377 e. The van der Waals surface area contributed by atoms with Crippen LogP contribution in [-0.4, -0.2) is 18.0 Å². The molecule has 0 saturated carbocycles. The number of nitrogens with zero attached hydrogens (tertiary/aromatic N) is 3. The summed E-state index contributed by atoms with van der Waals surface area (Å²) >= 11 is 0. The molecule has 0 aliphatic rings. The van der Waals surface area contributed by atoms with Gasteiger partial charge in [0.25, 0.3) is 0 Å². The average molecular weight is 344 g/mol. The van der Waals surface area contributed by atoms with Crippen molar-refractivity contribution in [2.45, 2.75) is 79.1 Å². The predicted octanol–water partition coefficient (Wildman–Crippen LogP) is 6.21. The van der Waals surface area contributed by atoms with Gasteiger partial charge in [0.2, 0.25) is 0 Å². The summed E-state index contributed by atoms with van der Waals surface area (Å²) in [6.45, 7) is 11.2. The highest BCUT2D eigenvalue weighted by atomic mass is 15.1. The molecule has 0 bridgehead atoms. The molecule has 0 radical (unpaired) electrons. The Morgan fingerprint density at radius 3 is 1.72 bits per heavy atom. The Labute approximate surface area is 156 Å². The predicted molar refractivity (Wildman–Crippen MR) is 107 cm³/mol. The van der Waals surface area contributed by atoms with E-state index in [-0.39, 0.29) is 5.57 Å². The van der Waals surface area contributed by atoms with Crippen molar-refractivity contribution < 1.29 is 0 Å². The van der Waals surface area contributed by atoms with Crippen molar-refractivity contribution in [1.29, 1.82) is 10.5 Å². The number of allylic oxidation sites excluding steroid dienone is 3. The number of hydrogen-bond acceptors (Lipinski definition) is 3. The minimum atomic E-state index is 0.159. The molecule has 0 aromatic rings. The normalized spacial score (nSPS) is 13.0. The van der Waals surface area contributed by atoms with E-state index >= 15 is 0 Å². The van der Waals surface area contributed by atoms with E-state index in [1.165, 1.54) is 51.4 Å². The van der Waals surface area contributed by atoms with Crippen LogP contribution in [-0.2, 0) is 0 Å². The first-order valence-corrected chi connectivity index (χ1v) is 10.1. The van der Waals surface area contributed by atoms with Gasteiger partial charge in [0, 0.05) is 13.1 Å². The number of hydrogen-bond donors (Lipinski definition) is 0. The summed E-state index contributed by atoms with van der Waals surface area (Å²) < 4.78 is 0. The van der Waals surface area contributed by atoms with Gasteiger partial charge in [-0.3, -0.25) is 0 Å². The molecule has 0 rings (SSSR count). The van der Waals surface area contributed by atoms with E-state index in [1.54, 1.807) is 6.08 Å². The maximum atomic E-state index is 8.86. The Bertz CT molecular complexity index is 431. The van der Waals surface area contributed by atoms with Gasteiger partial charge in [-0.25, -0.2) is 0 Å². The summed E-state index contributed by atoms with van der Waals surface area (Å²) in [6, 6.07) is 3.83. The summed E-state index contributed by atoms with van der Waals surface area (Å²) in [7, 11) is 0. The lowest BCUT2D eigenvalue weighted by Crippen LogP contribution is -2.29. The standard InChI is InChI=1S/C22H37N3/c1-5-9-12-20(7-3)18-25(15-11-14-22(16-23)17-24)19-21(8-4)13-10-6-2/h11,14-15,20-21H,5-10,12-13,18-19H2,1-4H3/b15-11+. The zero-order valence-electron chi connectivity index (χ0n) is 16.8. The van der Waals surface area contributed by atoms with E-state index in [0.717, 1.165) is 13.1 Å². The summed E-state index contributed by atoms with van der Waals surface area (Å²) in [5, 5.41) is 17.7. The fourth-order valence-corrected chi connectivity index (χ4v) is 3.05. The van der Waals surface area contributed by atoms with Crippen LogP contribution in [0, 0.1) is 34.5 Å². The summed E-state index contributed by atoms with van der Waals surface area (Å²) in [4.78, 5) is 2.41. The van der Waals surface area contributed by atoms with Gasteiger partial charge in [-0.15, -0.1) is 0 Å². The topological polar surface area (TPSA) is 50.8 Å². The van der Waals surface area contributed by atoms with Crippen LogP contribution < -0.4 is 0 Å². The van der Waals surface area contributed by atoms with E-state index in [2.05, 4.69) is 38.8 Å². The Morgan fingerprint density at radius 2 is 1.36 bits per heavy atom. The molecule has 0 aliphatic heterocycles. The molecule has 140 valence electrons. The van der Waals surface area contributed by atoms with Gasteiger partial charge in [0.15, 0.2) is 0 Å². The minimum Gasteiger partial charge on any atom is -0.377 e. The molecule has 2 atom stereocenters. The Kier molecular flexibility index (Phi) is 14.7. The van der Waals surface area contributed by atoms with Crippen LogP contribution in [0.1, 0.15) is 79.1 Å². The molecule has 3 heteroatoms. The maximum absolute atomic E-state index is 8.86. The first kappa shape index (κ1) is 23.3. The van der Waals surface area contributed by atoms with Crippen LogP contribution in [0.4, 0.5) is 0 Å². The lowest BCUT2D eigenvalue weighted by molar-refractivity contribution is 0.239. The molecule has 0 aromatic carbocycles. The Hall–Kier alpha value is -1.74. The highest BCUT2D eigenvalue weighted by Crippen LogP contribution is 2.19. The zero-order valence-corrected chi connectivity index (χ0v) is 16.8. The highest BCUT2D eigenvalue weighted by Gasteiger charge is 2.14. The molecule has 0 N–H and O–H groups in total. The molecule has 25 heavy (non-hydrogen) atoms. The Balaban J connectivity index is 5.01. The van der Waals surface area contributed by atoms with Gasteiger partial charge >= 0.3 is 0 Å². The molecule has 0 fully saturated rings. The lowest BCUT2D eigenvalue weighted by Gasteiger charge is -2.29. The monoisotopic (exact) mass is 343 g/mol. The maximum Gasteiger partial charge on any atom is 0.129 e. The number of unbranched alkanes of at least 4 members (excludes halogenated alkanes) is 2. The molecule has 0 heterocycles. The van der Waals surface area contributed by atoms with Crippen LogP contribution in [0.5, 0.6) is 0 Å². The smallest absolute Gasteiger partial charge is 0.129 e. The van der Waals surface area contributed by atoms with Crippen molar-refractivity contribution >= 4 is 0 Å². The van der Waals surface area contributed by atoms with Gasteiger partial charge in [0.1, 0.15) is 17.7 Å². The zero-order chi connectivity index (χ0) is 18.9. The van der Waals surface area contributed by atoms with Gasteiger partial charge in [-0.1, -0.05) is 66.2 Å². The quantitative estimate of drug-likeness (QED) is 0.278. The molecule has 0 aliphatic carbocycles. The molecular formula is C22H37N3. The van der Waals surface area contributed by atoms with Gasteiger partial charge in [0.05, 0.1) is 0 Å².